The third kappa shape index (κ3) is 3.40. The predicted molar refractivity (Wildman–Crippen MR) is 84.8 cm³/mol. The molecule has 5 nitrogen and oxygen atoms in total. The zero-order valence-corrected chi connectivity index (χ0v) is 13.5. The van der Waals surface area contributed by atoms with Gasteiger partial charge in [0.25, 0.3) is 10.0 Å². The Kier molecular flexibility index (Phi) is 4.73. The smallest absolute Gasteiger partial charge is 0.340 e. The zero-order valence-electron chi connectivity index (χ0n) is 12.0. The van der Waals surface area contributed by atoms with E-state index in [1.165, 1.54) is 37.4 Å². The van der Waals surface area contributed by atoms with Gasteiger partial charge in [-0.05, 0) is 42.8 Å². The van der Waals surface area contributed by atoms with E-state index in [4.69, 9.17) is 16.3 Å². The average Bonchev–Trinajstić information content (AvgIpc) is 2.47. The molecule has 0 amide bonds. The van der Waals surface area contributed by atoms with E-state index in [1.54, 1.807) is 19.1 Å². The molecule has 2 rings (SSSR count). The molecule has 0 unspecified atom stereocenters. The van der Waals surface area contributed by atoms with Gasteiger partial charge in [0.1, 0.15) is 0 Å². The van der Waals surface area contributed by atoms with Gasteiger partial charge in [-0.1, -0.05) is 23.7 Å². The molecule has 116 valence electrons. The van der Waals surface area contributed by atoms with Crippen LogP contribution in [0.2, 0.25) is 5.02 Å². The summed E-state index contributed by atoms with van der Waals surface area (Å²) in [7, 11) is -2.59. The minimum atomic E-state index is -3.83. The van der Waals surface area contributed by atoms with Crippen molar-refractivity contribution in [3.05, 3.63) is 58.6 Å². The van der Waals surface area contributed by atoms with Crippen LogP contribution in [0.1, 0.15) is 15.9 Å². The lowest BCUT2D eigenvalue weighted by atomic mass is 10.1. The molecule has 0 saturated heterocycles. The normalized spacial score (nSPS) is 11.0. The highest BCUT2D eigenvalue weighted by Crippen LogP contribution is 2.24. The van der Waals surface area contributed by atoms with Crippen LogP contribution in [0.5, 0.6) is 0 Å². The van der Waals surface area contributed by atoms with Crippen LogP contribution < -0.4 is 4.72 Å². The Morgan fingerprint density at radius 3 is 2.36 bits per heavy atom. The number of hydrogen-bond donors (Lipinski definition) is 1. The first-order valence-electron chi connectivity index (χ1n) is 6.31. The van der Waals surface area contributed by atoms with Crippen LogP contribution in [0.3, 0.4) is 0 Å². The Labute approximate surface area is 133 Å². The molecule has 0 aliphatic heterocycles. The van der Waals surface area contributed by atoms with E-state index < -0.39 is 16.0 Å². The van der Waals surface area contributed by atoms with Crippen LogP contribution in [-0.4, -0.2) is 21.5 Å². The SMILES string of the molecule is COC(=O)c1c(C)cccc1NS(=O)(=O)c1ccc(Cl)cc1. The van der Waals surface area contributed by atoms with Gasteiger partial charge in [-0.2, -0.15) is 0 Å². The van der Waals surface area contributed by atoms with Crippen LogP contribution in [0.15, 0.2) is 47.4 Å². The number of esters is 1. The molecule has 2 aromatic carbocycles. The lowest BCUT2D eigenvalue weighted by molar-refractivity contribution is 0.0601. The van der Waals surface area contributed by atoms with Crippen LogP contribution >= 0.6 is 11.6 Å². The lowest BCUT2D eigenvalue weighted by Crippen LogP contribution is -2.16. The maximum atomic E-state index is 12.4. The first-order valence-corrected chi connectivity index (χ1v) is 8.17. The van der Waals surface area contributed by atoms with Gasteiger partial charge in [0.05, 0.1) is 23.3 Å². The van der Waals surface area contributed by atoms with Crippen molar-refractivity contribution in [1.29, 1.82) is 0 Å². The summed E-state index contributed by atoms with van der Waals surface area (Å²) in [5, 5.41) is 0.435. The first kappa shape index (κ1) is 16.3. The van der Waals surface area contributed by atoms with Gasteiger partial charge < -0.3 is 4.74 Å². The van der Waals surface area contributed by atoms with Crippen molar-refractivity contribution in [1.82, 2.24) is 0 Å². The molecule has 0 aliphatic carbocycles. The van der Waals surface area contributed by atoms with Gasteiger partial charge in [-0.3, -0.25) is 4.72 Å². The van der Waals surface area contributed by atoms with Crippen molar-refractivity contribution in [2.24, 2.45) is 0 Å². The highest BCUT2D eigenvalue weighted by Gasteiger charge is 2.20. The number of aryl methyl sites for hydroxylation is 1. The highest BCUT2D eigenvalue weighted by molar-refractivity contribution is 7.92. The number of rotatable bonds is 4. The number of nitrogens with one attached hydrogen (secondary N) is 1. The summed E-state index contributed by atoms with van der Waals surface area (Å²) in [5.74, 6) is -0.605. The fourth-order valence-electron chi connectivity index (χ4n) is 1.94. The molecular weight excluding hydrogens is 326 g/mol. The minimum Gasteiger partial charge on any atom is -0.465 e. The van der Waals surface area contributed by atoms with E-state index in [0.29, 0.717) is 10.6 Å². The molecule has 0 saturated carbocycles. The van der Waals surface area contributed by atoms with Crippen molar-refractivity contribution >= 4 is 33.3 Å². The van der Waals surface area contributed by atoms with Gasteiger partial charge in [-0.25, -0.2) is 13.2 Å². The van der Waals surface area contributed by atoms with E-state index in [2.05, 4.69) is 4.72 Å². The third-order valence-electron chi connectivity index (χ3n) is 3.03. The molecule has 0 heterocycles. The number of methoxy groups -OCH3 is 1. The second-order valence-electron chi connectivity index (χ2n) is 4.55. The highest BCUT2D eigenvalue weighted by atomic mass is 35.5. The van der Waals surface area contributed by atoms with Crippen molar-refractivity contribution in [2.45, 2.75) is 11.8 Å². The van der Waals surface area contributed by atoms with Crippen molar-refractivity contribution in [3.63, 3.8) is 0 Å². The Morgan fingerprint density at radius 1 is 1.14 bits per heavy atom. The largest absolute Gasteiger partial charge is 0.465 e. The van der Waals surface area contributed by atoms with Crippen molar-refractivity contribution in [3.8, 4) is 0 Å². The predicted octanol–water partition coefficient (Wildman–Crippen LogP) is 3.24. The molecule has 0 aliphatic rings. The second kappa shape index (κ2) is 6.37. The monoisotopic (exact) mass is 339 g/mol. The second-order valence-corrected chi connectivity index (χ2v) is 6.67. The summed E-state index contributed by atoms with van der Waals surface area (Å²) in [6.45, 7) is 1.70. The summed E-state index contributed by atoms with van der Waals surface area (Å²) < 4.78 is 31.9. The third-order valence-corrected chi connectivity index (χ3v) is 4.66. The minimum absolute atomic E-state index is 0.0502. The lowest BCUT2D eigenvalue weighted by Gasteiger charge is -2.13. The van der Waals surface area contributed by atoms with Gasteiger partial charge >= 0.3 is 5.97 Å². The molecule has 1 N–H and O–H groups in total. The summed E-state index contributed by atoms with van der Waals surface area (Å²) in [4.78, 5) is 11.9. The molecule has 22 heavy (non-hydrogen) atoms. The quantitative estimate of drug-likeness (QED) is 0.868. The molecule has 0 bridgehead atoms. The van der Waals surface area contributed by atoms with Gasteiger partial charge in [0.2, 0.25) is 0 Å². The summed E-state index contributed by atoms with van der Waals surface area (Å²) in [6, 6.07) is 10.6. The van der Waals surface area contributed by atoms with Crippen LogP contribution in [0.25, 0.3) is 0 Å². The number of anilines is 1. The van der Waals surface area contributed by atoms with E-state index in [-0.39, 0.29) is 16.1 Å². The number of hydrogen-bond acceptors (Lipinski definition) is 4. The Morgan fingerprint density at radius 2 is 1.77 bits per heavy atom. The Balaban J connectivity index is 2.44. The molecule has 0 aromatic heterocycles. The molecule has 0 atom stereocenters. The first-order chi connectivity index (χ1) is 10.3. The molecule has 0 radical (unpaired) electrons. The van der Waals surface area contributed by atoms with Crippen molar-refractivity contribution in [2.75, 3.05) is 11.8 Å². The van der Waals surface area contributed by atoms with Crippen LogP contribution in [-0.2, 0) is 14.8 Å². The fraction of sp³-hybridized carbons (Fsp3) is 0.133. The van der Waals surface area contributed by atoms with Crippen LogP contribution in [0.4, 0.5) is 5.69 Å². The Bertz CT molecular complexity index is 801. The summed E-state index contributed by atoms with van der Waals surface area (Å²) in [5.41, 5.74) is 0.965. The zero-order chi connectivity index (χ0) is 16.3. The number of carbonyl (C=O) groups excluding carboxylic acids is 1. The maximum absolute atomic E-state index is 12.4. The van der Waals surface area contributed by atoms with E-state index >= 15 is 0 Å². The van der Waals surface area contributed by atoms with Crippen LogP contribution in [0, 0.1) is 6.92 Å². The molecule has 0 fully saturated rings. The topological polar surface area (TPSA) is 72.5 Å². The fourth-order valence-corrected chi connectivity index (χ4v) is 3.14. The molecular formula is C15H14ClNO4S. The number of ether oxygens (including phenoxy) is 1. The number of sulfonamides is 1. The Hall–Kier alpha value is -2.05. The molecule has 2 aromatic rings. The standard InChI is InChI=1S/C15H14ClNO4S/c1-10-4-3-5-13(14(10)15(18)21-2)17-22(19,20)12-8-6-11(16)7-9-12/h3-9,17H,1-2H3. The number of benzene rings is 2. The number of carbonyl (C=O) groups is 1. The van der Waals surface area contributed by atoms with E-state index in [0.717, 1.165) is 0 Å². The summed E-state index contributed by atoms with van der Waals surface area (Å²) >= 11 is 5.75. The average molecular weight is 340 g/mol. The van der Waals surface area contributed by atoms with Crippen molar-refractivity contribution < 1.29 is 17.9 Å². The molecule has 0 spiro atoms. The van der Waals surface area contributed by atoms with E-state index in [9.17, 15) is 13.2 Å². The van der Waals surface area contributed by atoms with Gasteiger partial charge in [0, 0.05) is 5.02 Å². The van der Waals surface area contributed by atoms with E-state index in [1.807, 2.05) is 0 Å². The summed E-state index contributed by atoms with van der Waals surface area (Å²) in [6.07, 6.45) is 0. The molecule has 7 heteroatoms. The number of halogens is 1. The van der Waals surface area contributed by atoms with Gasteiger partial charge in [-0.15, -0.1) is 0 Å². The van der Waals surface area contributed by atoms with Gasteiger partial charge in [0.15, 0.2) is 0 Å². The maximum Gasteiger partial charge on any atom is 0.340 e.